The van der Waals surface area contributed by atoms with Crippen LogP contribution >= 0.6 is 46.4 Å². The summed E-state index contributed by atoms with van der Waals surface area (Å²) in [7, 11) is 0. The number of H-pyrrole nitrogens is 2. The summed E-state index contributed by atoms with van der Waals surface area (Å²) >= 11 is 19.1. The van der Waals surface area contributed by atoms with Crippen molar-refractivity contribution >= 4 is 116 Å². The number of carbonyl (C=O) groups excluding carboxylic acids is 8. The van der Waals surface area contributed by atoms with E-state index in [2.05, 4.69) is 20.4 Å². The second-order valence-electron chi connectivity index (χ2n) is 29.7. The van der Waals surface area contributed by atoms with Gasteiger partial charge in [0.25, 0.3) is 0 Å². The summed E-state index contributed by atoms with van der Waals surface area (Å²) in [4.78, 5) is 87.1. The maximum absolute atomic E-state index is 10.9. The Morgan fingerprint density at radius 3 is 0.399 bits per heavy atom. The van der Waals surface area contributed by atoms with E-state index in [1.54, 1.807) is 146 Å². The molecule has 0 aliphatic rings. The number of benzene rings is 18. The van der Waals surface area contributed by atoms with E-state index in [0.717, 1.165) is 66.3 Å². The van der Waals surface area contributed by atoms with Crippen molar-refractivity contribution in [3.8, 4) is 89.0 Å². The first-order chi connectivity index (χ1) is 70.1. The van der Waals surface area contributed by atoms with E-state index >= 15 is 0 Å². The van der Waals surface area contributed by atoms with Gasteiger partial charge in [0.15, 0.2) is 0 Å². The predicted octanol–water partition coefficient (Wildman–Crippen LogP) is 19.7. The first-order valence-electron chi connectivity index (χ1n) is 43.9. The molecule has 0 aliphatic carbocycles. The summed E-state index contributed by atoms with van der Waals surface area (Å²) in [5.41, 5.74) is 16.6. The van der Waals surface area contributed by atoms with E-state index in [1.807, 2.05) is 352 Å². The molecule has 0 radical (unpaired) electrons. The third-order valence-corrected chi connectivity index (χ3v) is 20.6. The molecule has 148 heavy (non-hydrogen) atoms. The Labute approximate surface area is 918 Å². The van der Waals surface area contributed by atoms with Crippen molar-refractivity contribution < 1.29 is 147 Å². The number of hydrogen-bond acceptors (Lipinski definition) is 18. The number of rotatable bonds is 16. The van der Waals surface area contributed by atoms with E-state index in [1.165, 1.54) is 0 Å². The first-order valence-corrected chi connectivity index (χ1v) is 46.1. The molecule has 20 rings (SSSR count). The first kappa shape index (κ1) is 122. The van der Waals surface area contributed by atoms with Crippen molar-refractivity contribution in [2.24, 2.45) is 0 Å². The van der Waals surface area contributed by atoms with Gasteiger partial charge < -0.3 is 79.2 Å². The smallest absolute Gasteiger partial charge is 0.545 e. The summed E-state index contributed by atoms with van der Waals surface area (Å²) in [5, 5.41) is 103. The van der Waals surface area contributed by atoms with Crippen LogP contribution in [0.3, 0.4) is 0 Å². The molecule has 0 saturated carbocycles. The topological polar surface area (TPSA) is 378 Å². The minimum Gasteiger partial charge on any atom is -0.545 e. The van der Waals surface area contributed by atoms with Gasteiger partial charge >= 0.3 is 68.3 Å². The Hall–Kier alpha value is -16.1. The molecular weight excluding hydrogens is 2120 g/mol. The summed E-state index contributed by atoms with van der Waals surface area (Å²) < 4.78 is 0. The van der Waals surface area contributed by atoms with Gasteiger partial charge in [-0.3, -0.25) is 10.2 Å². The van der Waals surface area contributed by atoms with Gasteiger partial charge in [0, 0.05) is 55.3 Å². The van der Waals surface area contributed by atoms with Crippen molar-refractivity contribution in [3.05, 3.63) is 542 Å². The van der Waals surface area contributed by atoms with Crippen molar-refractivity contribution in [2.75, 3.05) is 10.7 Å². The number of halogens is 4. The van der Waals surface area contributed by atoms with Gasteiger partial charge in [-0.2, -0.15) is 10.2 Å². The molecular formula is C120H88Cl4Fe4N4O16. The molecule has 20 nitrogen and oxygen atoms in total. The van der Waals surface area contributed by atoms with Crippen LogP contribution < -0.4 is 40.9 Å². The normalized spacial score (nSPS) is 9.49. The number of nitrogens with one attached hydrogen (secondary N) is 2. The Balaban J connectivity index is 0.000000287. The summed E-state index contributed by atoms with van der Waals surface area (Å²) in [6, 6.07) is 146. The Bertz CT molecular complexity index is 6190. The van der Waals surface area contributed by atoms with Crippen LogP contribution in [0, 0.1) is 0 Å². The maximum atomic E-state index is 10.9. The Kier molecular flexibility index (Phi) is 56.4. The van der Waals surface area contributed by atoms with Gasteiger partial charge in [-0.25, -0.2) is 0 Å². The number of carboxylic acid groups (broad SMARTS) is 8. The van der Waals surface area contributed by atoms with Crippen molar-refractivity contribution in [1.82, 2.24) is 20.4 Å². The van der Waals surface area contributed by atoms with E-state index < -0.39 is 47.8 Å². The van der Waals surface area contributed by atoms with E-state index in [9.17, 15) is 79.2 Å². The van der Waals surface area contributed by atoms with E-state index in [4.69, 9.17) is 46.4 Å². The second kappa shape index (κ2) is 68.2. The number of para-hydroxylation sites is 2. The number of carboxylic acids is 8. The molecule has 2 aromatic heterocycles. The number of aromatic carboxylic acids is 8. The van der Waals surface area contributed by atoms with E-state index in [-0.39, 0.29) is 123 Å². The molecule has 0 amide bonds. The number of hydrogen-bond donors (Lipinski definition) is 2. The molecule has 0 aliphatic heterocycles. The average Bonchev–Trinajstić information content (AvgIpc) is 1.48. The molecule has 28 heteroatoms. The fourth-order valence-corrected chi connectivity index (χ4v) is 14.0. The SMILES string of the molecule is ClCCl.ClCCl.O=C([O-])c1ccccc1-c1ccccc1.O=C([O-])c1ccccc1-c1ccccc1.O=C([O-])c1ccccc1-c1ccccc1.O=C([O-])c1ccccc1-c1ccccc1.O=C([O-])c1ccccc1-c1ccccc1.O=C([O-])c1ccccc1-c1ccccc1.O=C([O-])c1ccccc1-c1ccccc1.O=C([O-])c1ccccc1-c1ccccc1.[Fe+2].[Fe+2].[Fe+2].[Fe+2].c1ccc2[nH]ncc2c1.c1ccc2[nH]ncc2c1. The number of carbonyl (C=O) groups is 8. The fraction of sp³-hybridized carbons (Fsp3) is 0.0167. The van der Waals surface area contributed by atoms with E-state index in [0.29, 0.717) is 44.5 Å². The molecule has 0 unspecified atom stereocenters. The molecule has 0 bridgehead atoms. The molecule has 18 aromatic carbocycles. The Morgan fingerprint density at radius 1 is 0.169 bits per heavy atom. The molecule has 2 heterocycles. The zero-order valence-corrected chi connectivity index (χ0v) is 85.5. The van der Waals surface area contributed by atoms with Crippen molar-refractivity contribution in [2.45, 2.75) is 0 Å². The minimum atomic E-state index is -1.14. The van der Waals surface area contributed by atoms with Crippen LogP contribution in [0.5, 0.6) is 0 Å². The third kappa shape index (κ3) is 39.4. The van der Waals surface area contributed by atoms with Crippen LogP contribution in [0.4, 0.5) is 0 Å². The largest absolute Gasteiger partial charge is 2.00 e. The van der Waals surface area contributed by atoms with Gasteiger partial charge in [-0.15, -0.1) is 46.4 Å². The quantitative estimate of drug-likeness (QED) is 0.0670. The number of fused-ring (bicyclic) bond motifs is 2. The molecule has 20 aromatic rings. The zero-order valence-electron chi connectivity index (χ0n) is 78.1. The van der Waals surface area contributed by atoms with Gasteiger partial charge in [0.05, 0.1) is 81.9 Å². The van der Waals surface area contributed by atoms with Gasteiger partial charge in [-0.05, 0) is 101 Å². The van der Waals surface area contributed by atoms with Crippen LogP contribution in [0.1, 0.15) is 82.9 Å². The number of aromatic nitrogens is 4. The molecule has 0 atom stereocenters. The monoisotopic (exact) mass is 2200 g/mol. The van der Waals surface area contributed by atoms with Gasteiger partial charge in [0.2, 0.25) is 0 Å². The maximum Gasteiger partial charge on any atom is 2.00 e. The van der Waals surface area contributed by atoms with Crippen LogP contribution in [0.2, 0.25) is 0 Å². The van der Waals surface area contributed by atoms with Crippen LogP contribution in [0.25, 0.3) is 111 Å². The zero-order chi connectivity index (χ0) is 103. The van der Waals surface area contributed by atoms with Gasteiger partial charge in [-0.1, -0.05) is 473 Å². The Morgan fingerprint density at radius 2 is 0.277 bits per heavy atom. The van der Waals surface area contributed by atoms with Crippen LogP contribution in [0.15, 0.2) is 498 Å². The summed E-state index contributed by atoms with van der Waals surface area (Å²) in [6.07, 6.45) is 3.63. The summed E-state index contributed by atoms with van der Waals surface area (Å²) in [5.74, 6) is -9.15. The molecule has 0 fully saturated rings. The van der Waals surface area contributed by atoms with Crippen LogP contribution in [-0.4, -0.2) is 78.8 Å². The third-order valence-electron chi connectivity index (χ3n) is 20.6. The van der Waals surface area contributed by atoms with Crippen molar-refractivity contribution in [3.63, 3.8) is 0 Å². The predicted molar refractivity (Wildman–Crippen MR) is 555 cm³/mol. The standard InChI is InChI=1S/8C13H10O2.2C7H6N2.2CH2Cl2.4Fe/c8*14-13(15)12-9-5-4-8-11(12)10-6-2-1-3-7-10;2*1-2-4-7-6(3-1)5-8-9-7;2*2-1-3;;;;/h8*1-9H,(H,14,15);2*1-5H,(H,8,9);2*1H2;;;;/q;;;;;;;;;;;;4*+2/p-8. The molecule has 744 valence electrons. The average molecular weight is 2210 g/mol. The molecule has 0 spiro atoms. The van der Waals surface area contributed by atoms with Gasteiger partial charge in [0.1, 0.15) is 0 Å². The molecule has 0 saturated heterocycles. The second-order valence-corrected chi connectivity index (χ2v) is 31.3. The van der Waals surface area contributed by atoms with Crippen molar-refractivity contribution in [1.29, 1.82) is 0 Å². The number of alkyl halides is 4. The minimum absolute atomic E-state index is 0. The number of aromatic amines is 2. The molecule has 2 N–H and O–H groups in total. The fourth-order valence-electron chi connectivity index (χ4n) is 14.0. The van der Waals surface area contributed by atoms with Crippen LogP contribution in [-0.2, 0) is 68.3 Å². The number of nitrogens with zero attached hydrogens (tertiary/aromatic N) is 2. The summed E-state index contributed by atoms with van der Waals surface area (Å²) in [6.45, 7) is 0.